The van der Waals surface area contributed by atoms with Crippen LogP contribution in [0.25, 0.3) is 0 Å². The van der Waals surface area contributed by atoms with Gasteiger partial charge in [0.05, 0.1) is 19.4 Å². The molecule has 0 N–H and O–H groups in total. The van der Waals surface area contributed by atoms with Crippen LogP contribution in [0.1, 0.15) is 5.56 Å². The largest absolute Gasteiger partial charge is 0.305 e. The lowest BCUT2D eigenvalue weighted by molar-refractivity contribution is 0.627. The minimum Gasteiger partial charge on any atom is -0.305 e. The Kier molecular flexibility index (Phi) is 3.03. The highest BCUT2D eigenvalue weighted by Crippen LogP contribution is 2.17. The lowest BCUT2D eigenvalue weighted by Crippen LogP contribution is -2.10. The summed E-state index contributed by atoms with van der Waals surface area (Å²) in [6.45, 7) is 1.86. The number of rotatable bonds is 3. The summed E-state index contributed by atoms with van der Waals surface area (Å²) >= 11 is 1.70. The van der Waals surface area contributed by atoms with E-state index in [1.165, 1.54) is 12.1 Å². The number of hydrogen-bond acceptors (Lipinski definition) is 3. The highest BCUT2D eigenvalue weighted by Gasteiger charge is 2.05. The van der Waals surface area contributed by atoms with Gasteiger partial charge in [0.1, 0.15) is 5.82 Å². The average Bonchev–Trinajstić information content (AvgIpc) is 2.70. The van der Waals surface area contributed by atoms with Crippen molar-refractivity contribution in [1.82, 2.24) is 4.31 Å². The third kappa shape index (κ3) is 2.48. The first-order chi connectivity index (χ1) is 6.84. The quantitative estimate of drug-likeness (QED) is 0.711. The maximum Gasteiger partial charge on any atom is 0.123 e. The highest BCUT2D eigenvalue weighted by atomic mass is 32.2. The summed E-state index contributed by atoms with van der Waals surface area (Å²) in [5.41, 5.74) is 1.14. The number of benzene rings is 1. The first-order valence-corrected chi connectivity index (χ1v) is 5.43. The fourth-order valence-electron chi connectivity index (χ4n) is 1.20. The summed E-state index contributed by atoms with van der Waals surface area (Å²) in [5.74, 6) is 0.688. The summed E-state index contributed by atoms with van der Waals surface area (Å²) in [6, 6.07) is 6.62. The van der Waals surface area contributed by atoms with Crippen molar-refractivity contribution in [2.45, 2.75) is 5.75 Å². The summed E-state index contributed by atoms with van der Waals surface area (Å²) in [6.07, 6.45) is 1.86. The van der Waals surface area contributed by atoms with Crippen LogP contribution in [-0.4, -0.2) is 23.7 Å². The summed E-state index contributed by atoms with van der Waals surface area (Å²) in [5, 5.41) is 0. The highest BCUT2D eigenvalue weighted by molar-refractivity contribution is 7.96. The zero-order valence-electron chi connectivity index (χ0n) is 7.69. The van der Waals surface area contributed by atoms with Crippen molar-refractivity contribution in [3.8, 4) is 0 Å². The van der Waals surface area contributed by atoms with Crippen molar-refractivity contribution in [1.29, 1.82) is 0 Å². The Morgan fingerprint density at radius 1 is 1.36 bits per heavy atom. The third-order valence-electron chi connectivity index (χ3n) is 1.97. The second-order valence-corrected chi connectivity index (χ2v) is 4.08. The van der Waals surface area contributed by atoms with Gasteiger partial charge in [0.15, 0.2) is 0 Å². The Labute approximate surface area is 87.0 Å². The van der Waals surface area contributed by atoms with E-state index in [1.807, 2.05) is 18.5 Å². The van der Waals surface area contributed by atoms with Crippen LogP contribution in [0.3, 0.4) is 0 Å². The van der Waals surface area contributed by atoms with Crippen LogP contribution in [0.4, 0.5) is 4.39 Å². The summed E-state index contributed by atoms with van der Waals surface area (Å²) in [7, 11) is 0. The van der Waals surface area contributed by atoms with Crippen LogP contribution in [0, 0.1) is 5.82 Å². The molecule has 0 saturated heterocycles. The van der Waals surface area contributed by atoms with E-state index in [0.29, 0.717) is 0 Å². The monoisotopic (exact) mass is 210 g/mol. The standard InChI is InChI=1S/C10H11FN2S/c11-10-3-1-9(2-4-10)7-14-13-6-5-12-8-13/h1-4,8H,5-7H2. The molecule has 0 spiro atoms. The fraction of sp³-hybridized carbons (Fsp3) is 0.300. The van der Waals surface area contributed by atoms with Crippen LogP contribution in [0.2, 0.25) is 0 Å². The summed E-state index contributed by atoms with van der Waals surface area (Å²) in [4.78, 5) is 4.11. The van der Waals surface area contributed by atoms with Gasteiger partial charge in [0.2, 0.25) is 0 Å². The van der Waals surface area contributed by atoms with Crippen LogP contribution < -0.4 is 0 Å². The van der Waals surface area contributed by atoms with Gasteiger partial charge in [-0.25, -0.2) is 4.39 Å². The van der Waals surface area contributed by atoms with Crippen molar-refractivity contribution in [2.75, 3.05) is 13.1 Å². The van der Waals surface area contributed by atoms with Crippen LogP contribution in [0.5, 0.6) is 0 Å². The van der Waals surface area contributed by atoms with E-state index in [1.54, 1.807) is 11.9 Å². The van der Waals surface area contributed by atoms with E-state index in [0.717, 1.165) is 24.4 Å². The molecule has 0 unspecified atom stereocenters. The molecule has 0 atom stereocenters. The predicted octanol–water partition coefficient (Wildman–Crippen LogP) is 2.32. The first kappa shape index (κ1) is 9.52. The van der Waals surface area contributed by atoms with Gasteiger partial charge >= 0.3 is 0 Å². The number of halogens is 1. The van der Waals surface area contributed by atoms with Crippen LogP contribution >= 0.6 is 11.9 Å². The van der Waals surface area contributed by atoms with Crippen molar-refractivity contribution < 1.29 is 4.39 Å². The molecule has 0 fully saturated rings. The number of hydrogen-bond donors (Lipinski definition) is 0. The molecule has 1 aromatic carbocycles. The Morgan fingerprint density at radius 2 is 2.14 bits per heavy atom. The Hall–Kier alpha value is -1.03. The van der Waals surface area contributed by atoms with Gasteiger partial charge in [-0.05, 0) is 29.6 Å². The van der Waals surface area contributed by atoms with Crippen molar-refractivity contribution in [3.05, 3.63) is 35.6 Å². The molecule has 1 aromatic rings. The smallest absolute Gasteiger partial charge is 0.123 e. The van der Waals surface area contributed by atoms with Gasteiger partial charge in [0.25, 0.3) is 0 Å². The van der Waals surface area contributed by atoms with Gasteiger partial charge in [-0.3, -0.25) is 4.99 Å². The zero-order chi connectivity index (χ0) is 9.80. The fourth-order valence-corrected chi connectivity index (χ4v) is 2.05. The molecule has 0 bridgehead atoms. The second-order valence-electron chi connectivity index (χ2n) is 3.06. The Balaban J connectivity index is 1.85. The summed E-state index contributed by atoms with van der Waals surface area (Å²) < 4.78 is 14.7. The molecule has 1 aliphatic heterocycles. The number of aliphatic imine (C=N–C) groups is 1. The zero-order valence-corrected chi connectivity index (χ0v) is 8.51. The lowest BCUT2D eigenvalue weighted by atomic mass is 10.2. The molecular weight excluding hydrogens is 199 g/mol. The van der Waals surface area contributed by atoms with E-state index >= 15 is 0 Å². The van der Waals surface area contributed by atoms with E-state index in [2.05, 4.69) is 9.30 Å². The first-order valence-electron chi connectivity index (χ1n) is 4.48. The van der Waals surface area contributed by atoms with Crippen molar-refractivity contribution in [3.63, 3.8) is 0 Å². The SMILES string of the molecule is Fc1ccc(CSN2C=NCC2)cc1. The molecule has 0 aliphatic carbocycles. The third-order valence-corrected chi connectivity index (χ3v) is 3.04. The Morgan fingerprint density at radius 3 is 2.79 bits per heavy atom. The topological polar surface area (TPSA) is 15.6 Å². The van der Waals surface area contributed by atoms with Crippen LogP contribution in [0.15, 0.2) is 29.3 Å². The second kappa shape index (κ2) is 4.46. The van der Waals surface area contributed by atoms with Crippen LogP contribution in [-0.2, 0) is 5.75 Å². The van der Waals surface area contributed by atoms with E-state index in [9.17, 15) is 4.39 Å². The lowest BCUT2D eigenvalue weighted by Gasteiger charge is -2.11. The van der Waals surface area contributed by atoms with E-state index < -0.39 is 0 Å². The maximum absolute atomic E-state index is 12.6. The van der Waals surface area contributed by atoms with E-state index in [-0.39, 0.29) is 5.82 Å². The van der Waals surface area contributed by atoms with Gasteiger partial charge < -0.3 is 4.31 Å². The molecule has 2 rings (SSSR count). The normalized spacial score (nSPS) is 15.1. The minimum atomic E-state index is -0.179. The molecule has 0 saturated carbocycles. The van der Waals surface area contributed by atoms with E-state index in [4.69, 9.17) is 0 Å². The molecule has 4 heteroatoms. The molecule has 0 aromatic heterocycles. The van der Waals surface area contributed by atoms with Crippen molar-refractivity contribution in [2.24, 2.45) is 4.99 Å². The molecule has 1 heterocycles. The average molecular weight is 210 g/mol. The predicted molar refractivity (Wildman–Crippen MR) is 57.8 cm³/mol. The minimum absolute atomic E-state index is 0.179. The molecular formula is C10H11FN2S. The molecule has 0 amide bonds. The van der Waals surface area contributed by atoms with Gasteiger partial charge in [0, 0.05) is 5.75 Å². The van der Waals surface area contributed by atoms with Gasteiger partial charge in [-0.1, -0.05) is 12.1 Å². The molecule has 0 radical (unpaired) electrons. The molecule has 14 heavy (non-hydrogen) atoms. The van der Waals surface area contributed by atoms with Crippen molar-refractivity contribution >= 4 is 18.3 Å². The molecule has 1 aliphatic rings. The molecule has 2 nitrogen and oxygen atoms in total. The maximum atomic E-state index is 12.6. The number of nitrogens with zero attached hydrogens (tertiary/aromatic N) is 2. The molecule has 74 valence electrons. The van der Waals surface area contributed by atoms with Gasteiger partial charge in [-0.2, -0.15) is 0 Å². The Bertz CT molecular complexity index is 323. The van der Waals surface area contributed by atoms with Gasteiger partial charge in [-0.15, -0.1) is 0 Å².